The Morgan fingerprint density at radius 3 is 2.38 bits per heavy atom. The SMILES string of the molecule is C=C(CBr)c1ccccc1C(C)=O. The van der Waals surface area contributed by atoms with Crippen LogP contribution >= 0.6 is 15.9 Å². The lowest BCUT2D eigenvalue weighted by atomic mass is 10.00. The Hall–Kier alpha value is -0.890. The summed E-state index contributed by atoms with van der Waals surface area (Å²) in [6.45, 7) is 5.46. The molecule has 0 heterocycles. The van der Waals surface area contributed by atoms with Crippen LogP contribution in [-0.2, 0) is 0 Å². The first kappa shape index (κ1) is 10.2. The number of alkyl halides is 1. The number of Topliss-reactive ketones (excluding diaryl/α,β-unsaturated/α-hetero) is 1. The topological polar surface area (TPSA) is 17.1 Å². The first-order valence-electron chi connectivity index (χ1n) is 4.01. The van der Waals surface area contributed by atoms with Crippen molar-refractivity contribution in [2.45, 2.75) is 6.92 Å². The Labute approximate surface area is 86.6 Å². The third-order valence-corrected chi connectivity index (χ3v) is 2.53. The van der Waals surface area contributed by atoms with Crippen LogP contribution in [0.5, 0.6) is 0 Å². The molecule has 1 aromatic carbocycles. The highest BCUT2D eigenvalue weighted by Gasteiger charge is 2.07. The Kier molecular flexibility index (Phi) is 3.43. The van der Waals surface area contributed by atoms with Gasteiger partial charge in [-0.25, -0.2) is 0 Å². The monoisotopic (exact) mass is 238 g/mol. The molecule has 0 aromatic heterocycles. The minimum absolute atomic E-state index is 0.0812. The average molecular weight is 239 g/mol. The van der Waals surface area contributed by atoms with E-state index in [1.165, 1.54) is 0 Å². The van der Waals surface area contributed by atoms with Gasteiger partial charge in [0, 0.05) is 10.9 Å². The third-order valence-electron chi connectivity index (χ3n) is 1.85. The van der Waals surface area contributed by atoms with Gasteiger partial charge in [-0.05, 0) is 18.1 Å². The molecule has 0 atom stereocenters. The van der Waals surface area contributed by atoms with Gasteiger partial charge in [0.2, 0.25) is 0 Å². The Morgan fingerprint density at radius 2 is 1.92 bits per heavy atom. The number of rotatable bonds is 3. The van der Waals surface area contributed by atoms with Crippen LogP contribution in [0.4, 0.5) is 0 Å². The maximum absolute atomic E-state index is 11.2. The zero-order valence-corrected chi connectivity index (χ0v) is 9.10. The zero-order valence-electron chi connectivity index (χ0n) is 7.51. The van der Waals surface area contributed by atoms with E-state index in [9.17, 15) is 4.79 Å². The predicted octanol–water partition coefficient (Wildman–Crippen LogP) is 3.30. The molecule has 68 valence electrons. The lowest BCUT2D eigenvalue weighted by Gasteiger charge is -2.06. The number of hydrogen-bond donors (Lipinski definition) is 0. The van der Waals surface area contributed by atoms with Crippen molar-refractivity contribution in [3.8, 4) is 0 Å². The lowest BCUT2D eigenvalue weighted by Crippen LogP contribution is -1.98. The number of allylic oxidation sites excluding steroid dienone is 1. The average Bonchev–Trinajstić information content (AvgIpc) is 2.16. The van der Waals surface area contributed by atoms with Crippen LogP contribution in [-0.4, -0.2) is 11.1 Å². The second-order valence-electron chi connectivity index (χ2n) is 2.84. The van der Waals surface area contributed by atoms with E-state index in [0.29, 0.717) is 5.33 Å². The Morgan fingerprint density at radius 1 is 1.38 bits per heavy atom. The van der Waals surface area contributed by atoms with Crippen molar-refractivity contribution in [1.82, 2.24) is 0 Å². The molecular weight excluding hydrogens is 228 g/mol. The van der Waals surface area contributed by atoms with E-state index in [-0.39, 0.29) is 5.78 Å². The van der Waals surface area contributed by atoms with Crippen LogP contribution < -0.4 is 0 Å². The molecule has 0 bridgehead atoms. The predicted molar refractivity (Wildman–Crippen MR) is 59.3 cm³/mol. The summed E-state index contributed by atoms with van der Waals surface area (Å²) >= 11 is 3.32. The molecule has 2 heteroatoms. The largest absolute Gasteiger partial charge is 0.294 e. The molecule has 0 aliphatic carbocycles. The molecule has 0 saturated heterocycles. The first-order chi connectivity index (χ1) is 6.16. The molecule has 0 N–H and O–H groups in total. The fourth-order valence-corrected chi connectivity index (χ4v) is 1.47. The Balaban J connectivity index is 3.19. The van der Waals surface area contributed by atoms with E-state index in [0.717, 1.165) is 16.7 Å². The van der Waals surface area contributed by atoms with Gasteiger partial charge < -0.3 is 0 Å². The van der Waals surface area contributed by atoms with Gasteiger partial charge in [0.25, 0.3) is 0 Å². The molecule has 0 amide bonds. The van der Waals surface area contributed by atoms with Gasteiger partial charge in [-0.3, -0.25) is 4.79 Å². The highest BCUT2D eigenvalue weighted by Crippen LogP contribution is 2.19. The van der Waals surface area contributed by atoms with E-state index in [1.807, 2.05) is 24.3 Å². The summed E-state index contributed by atoms with van der Waals surface area (Å²) in [5.41, 5.74) is 2.62. The van der Waals surface area contributed by atoms with Gasteiger partial charge in [0.05, 0.1) is 0 Å². The van der Waals surface area contributed by atoms with Gasteiger partial charge in [0.1, 0.15) is 0 Å². The normalized spacial score (nSPS) is 9.69. The summed E-state index contributed by atoms with van der Waals surface area (Å²) in [5.74, 6) is 0.0812. The molecule has 0 unspecified atom stereocenters. The molecule has 0 aliphatic rings. The van der Waals surface area contributed by atoms with Gasteiger partial charge in [-0.1, -0.05) is 46.8 Å². The summed E-state index contributed by atoms with van der Waals surface area (Å²) in [5, 5.41) is 0.692. The van der Waals surface area contributed by atoms with Crippen molar-refractivity contribution in [3.63, 3.8) is 0 Å². The Bertz CT molecular complexity index is 342. The number of ketones is 1. The summed E-state index contributed by atoms with van der Waals surface area (Å²) in [6, 6.07) is 7.52. The number of carbonyl (C=O) groups is 1. The smallest absolute Gasteiger partial charge is 0.160 e. The number of benzene rings is 1. The molecular formula is C11H11BrO. The van der Waals surface area contributed by atoms with Crippen molar-refractivity contribution in [3.05, 3.63) is 42.0 Å². The summed E-state index contributed by atoms with van der Waals surface area (Å²) in [7, 11) is 0. The van der Waals surface area contributed by atoms with E-state index in [2.05, 4.69) is 22.5 Å². The molecule has 1 nitrogen and oxygen atoms in total. The molecule has 0 radical (unpaired) electrons. The van der Waals surface area contributed by atoms with E-state index < -0.39 is 0 Å². The zero-order chi connectivity index (χ0) is 9.84. The number of halogens is 1. The molecule has 0 spiro atoms. The van der Waals surface area contributed by atoms with Crippen LogP contribution in [0, 0.1) is 0 Å². The molecule has 1 rings (SSSR count). The van der Waals surface area contributed by atoms with Crippen molar-refractivity contribution in [2.24, 2.45) is 0 Å². The van der Waals surface area contributed by atoms with Gasteiger partial charge in [-0.2, -0.15) is 0 Å². The minimum Gasteiger partial charge on any atom is -0.294 e. The van der Waals surface area contributed by atoms with Crippen LogP contribution in [0.15, 0.2) is 30.8 Å². The fraction of sp³-hybridized carbons (Fsp3) is 0.182. The van der Waals surface area contributed by atoms with Crippen molar-refractivity contribution >= 4 is 27.3 Å². The maximum atomic E-state index is 11.2. The molecule has 13 heavy (non-hydrogen) atoms. The first-order valence-corrected chi connectivity index (χ1v) is 5.13. The minimum atomic E-state index is 0.0812. The van der Waals surface area contributed by atoms with Crippen molar-refractivity contribution in [2.75, 3.05) is 5.33 Å². The van der Waals surface area contributed by atoms with E-state index in [4.69, 9.17) is 0 Å². The summed E-state index contributed by atoms with van der Waals surface area (Å²) in [6.07, 6.45) is 0. The van der Waals surface area contributed by atoms with Crippen molar-refractivity contribution in [1.29, 1.82) is 0 Å². The van der Waals surface area contributed by atoms with Crippen LogP contribution in [0.25, 0.3) is 5.57 Å². The number of carbonyl (C=O) groups excluding carboxylic acids is 1. The highest BCUT2D eigenvalue weighted by atomic mass is 79.9. The van der Waals surface area contributed by atoms with E-state index in [1.54, 1.807) is 6.92 Å². The van der Waals surface area contributed by atoms with Gasteiger partial charge in [-0.15, -0.1) is 0 Å². The van der Waals surface area contributed by atoms with Crippen LogP contribution in [0.3, 0.4) is 0 Å². The number of hydrogen-bond acceptors (Lipinski definition) is 1. The molecule has 0 aliphatic heterocycles. The standard InChI is InChI=1S/C11H11BrO/c1-8(7-12)10-5-3-4-6-11(10)9(2)13/h3-6H,1,7H2,2H3. The lowest BCUT2D eigenvalue weighted by molar-refractivity contribution is 0.101. The second-order valence-corrected chi connectivity index (χ2v) is 3.40. The van der Waals surface area contributed by atoms with Gasteiger partial charge in [0.15, 0.2) is 5.78 Å². The van der Waals surface area contributed by atoms with Crippen molar-refractivity contribution < 1.29 is 4.79 Å². The molecule has 0 fully saturated rings. The highest BCUT2D eigenvalue weighted by molar-refractivity contribution is 9.09. The van der Waals surface area contributed by atoms with Gasteiger partial charge >= 0.3 is 0 Å². The van der Waals surface area contributed by atoms with Crippen LogP contribution in [0.2, 0.25) is 0 Å². The summed E-state index contributed by atoms with van der Waals surface area (Å²) in [4.78, 5) is 11.2. The van der Waals surface area contributed by atoms with E-state index >= 15 is 0 Å². The second kappa shape index (κ2) is 4.38. The van der Waals surface area contributed by atoms with Crippen LogP contribution in [0.1, 0.15) is 22.8 Å². The fourth-order valence-electron chi connectivity index (χ4n) is 1.17. The molecule has 1 aromatic rings. The molecule has 0 saturated carbocycles. The maximum Gasteiger partial charge on any atom is 0.160 e. The third kappa shape index (κ3) is 2.28. The quantitative estimate of drug-likeness (QED) is 0.584. The summed E-state index contributed by atoms with van der Waals surface area (Å²) < 4.78 is 0.